The van der Waals surface area contributed by atoms with Crippen LogP contribution in [0, 0.1) is 21.4 Å². The number of hydrogen-bond donors (Lipinski definition) is 2. The molecule has 1 aliphatic rings. The van der Waals surface area contributed by atoms with Crippen molar-refractivity contribution in [3.8, 4) is 0 Å². The van der Waals surface area contributed by atoms with Crippen LogP contribution in [0.25, 0.3) is 0 Å². The van der Waals surface area contributed by atoms with Gasteiger partial charge in [0.25, 0.3) is 11.6 Å². The Morgan fingerprint density at radius 2 is 2.10 bits per heavy atom. The van der Waals surface area contributed by atoms with E-state index in [0.29, 0.717) is 18.0 Å². The maximum Gasteiger partial charge on any atom is 0.293 e. The Labute approximate surface area is 124 Å². The second kappa shape index (κ2) is 5.71. The molecule has 1 fully saturated rings. The average Bonchev–Trinajstić information content (AvgIpc) is 3.25. The van der Waals surface area contributed by atoms with Crippen LogP contribution < -0.4 is 10.6 Å². The Balaban J connectivity index is 2.16. The van der Waals surface area contributed by atoms with Gasteiger partial charge in [-0.1, -0.05) is 19.9 Å². The van der Waals surface area contributed by atoms with E-state index < -0.39 is 4.92 Å². The zero-order valence-corrected chi connectivity index (χ0v) is 12.6. The number of nitrogens with one attached hydrogen (secondary N) is 2. The van der Waals surface area contributed by atoms with Gasteiger partial charge in [0.2, 0.25) is 0 Å². The summed E-state index contributed by atoms with van der Waals surface area (Å²) in [5, 5.41) is 16.7. The maximum absolute atomic E-state index is 12.3. The van der Waals surface area contributed by atoms with E-state index in [4.69, 9.17) is 0 Å². The number of carbonyl (C=O) groups excluding carboxylic acids is 1. The van der Waals surface area contributed by atoms with Gasteiger partial charge in [-0.05, 0) is 30.2 Å². The molecule has 0 aromatic heterocycles. The number of amides is 1. The highest BCUT2D eigenvalue weighted by molar-refractivity contribution is 6.01. The van der Waals surface area contributed by atoms with Crippen LogP contribution in [0.15, 0.2) is 18.2 Å². The molecular formula is C15H21N3O3. The Morgan fingerprint density at radius 1 is 1.43 bits per heavy atom. The Bertz CT molecular complexity index is 565. The van der Waals surface area contributed by atoms with Gasteiger partial charge >= 0.3 is 0 Å². The van der Waals surface area contributed by atoms with E-state index in [1.165, 1.54) is 12.1 Å². The first-order valence-corrected chi connectivity index (χ1v) is 7.14. The van der Waals surface area contributed by atoms with E-state index in [1.54, 1.807) is 13.1 Å². The number of benzene rings is 1. The molecule has 2 N–H and O–H groups in total. The minimum atomic E-state index is -0.487. The summed E-state index contributed by atoms with van der Waals surface area (Å²) in [7, 11) is 1.58. The van der Waals surface area contributed by atoms with Crippen molar-refractivity contribution in [1.82, 2.24) is 5.32 Å². The van der Waals surface area contributed by atoms with Gasteiger partial charge in [0.15, 0.2) is 0 Å². The zero-order valence-electron chi connectivity index (χ0n) is 12.6. The fourth-order valence-corrected chi connectivity index (χ4v) is 2.61. The van der Waals surface area contributed by atoms with E-state index >= 15 is 0 Å². The van der Waals surface area contributed by atoms with Gasteiger partial charge in [-0.25, -0.2) is 0 Å². The van der Waals surface area contributed by atoms with Crippen LogP contribution in [0.2, 0.25) is 0 Å². The van der Waals surface area contributed by atoms with Crippen molar-refractivity contribution >= 4 is 17.3 Å². The van der Waals surface area contributed by atoms with E-state index in [1.807, 2.05) is 0 Å². The third-order valence-electron chi connectivity index (χ3n) is 4.45. The molecule has 21 heavy (non-hydrogen) atoms. The number of hydrogen-bond acceptors (Lipinski definition) is 4. The van der Waals surface area contributed by atoms with E-state index in [-0.39, 0.29) is 22.7 Å². The molecule has 0 bridgehead atoms. The van der Waals surface area contributed by atoms with Crippen LogP contribution in [0.1, 0.15) is 37.0 Å². The first-order chi connectivity index (χ1) is 9.91. The third-order valence-corrected chi connectivity index (χ3v) is 4.45. The summed E-state index contributed by atoms with van der Waals surface area (Å²) in [6, 6.07) is 4.52. The molecule has 0 aliphatic heterocycles. The molecule has 1 amide bonds. The highest BCUT2D eigenvalue weighted by Gasteiger charge is 2.45. The predicted molar refractivity (Wildman–Crippen MR) is 81.5 cm³/mol. The molecule has 2 rings (SSSR count). The van der Waals surface area contributed by atoms with Crippen molar-refractivity contribution in [2.24, 2.45) is 11.3 Å². The Hall–Kier alpha value is -2.11. The Morgan fingerprint density at radius 3 is 2.57 bits per heavy atom. The van der Waals surface area contributed by atoms with Crippen LogP contribution in [0.3, 0.4) is 0 Å². The SMILES string of the molecule is CNc1c(C(=O)NCC2(C(C)C)CC2)cccc1[N+](=O)[O-]. The quantitative estimate of drug-likeness (QED) is 0.623. The molecule has 0 unspecified atom stereocenters. The standard InChI is InChI=1S/C15H21N3O3/c1-10(2)15(7-8-15)9-17-14(19)11-5-4-6-12(18(20)21)13(11)16-3/h4-6,10,16H,7-9H2,1-3H3,(H,17,19). The third kappa shape index (κ3) is 2.99. The number of carbonyl (C=O) groups is 1. The topological polar surface area (TPSA) is 84.3 Å². The lowest BCUT2D eigenvalue weighted by atomic mass is 9.92. The van der Waals surface area contributed by atoms with Gasteiger partial charge in [-0.2, -0.15) is 0 Å². The predicted octanol–water partition coefficient (Wildman–Crippen LogP) is 2.80. The Kier molecular flexibility index (Phi) is 4.16. The number of rotatable bonds is 6. The van der Waals surface area contributed by atoms with Crippen molar-refractivity contribution in [2.75, 3.05) is 18.9 Å². The molecule has 1 aromatic carbocycles. The number of para-hydroxylation sites is 1. The first kappa shape index (κ1) is 15.3. The van der Waals surface area contributed by atoms with Gasteiger partial charge in [-0.3, -0.25) is 14.9 Å². The molecule has 0 radical (unpaired) electrons. The number of nitro groups is 1. The zero-order chi connectivity index (χ0) is 15.6. The number of anilines is 1. The van der Waals surface area contributed by atoms with Gasteiger partial charge in [0.1, 0.15) is 5.69 Å². The molecule has 0 heterocycles. The lowest BCUT2D eigenvalue weighted by Crippen LogP contribution is -2.33. The molecule has 0 atom stereocenters. The molecule has 1 aromatic rings. The summed E-state index contributed by atoms with van der Waals surface area (Å²) >= 11 is 0. The monoisotopic (exact) mass is 291 g/mol. The minimum absolute atomic E-state index is 0.0878. The second-order valence-corrected chi connectivity index (χ2v) is 5.91. The molecule has 1 saturated carbocycles. The smallest absolute Gasteiger partial charge is 0.293 e. The van der Waals surface area contributed by atoms with Crippen LogP contribution in [-0.2, 0) is 0 Å². The molecule has 0 spiro atoms. The van der Waals surface area contributed by atoms with Crippen molar-refractivity contribution in [3.63, 3.8) is 0 Å². The normalized spacial score (nSPS) is 15.6. The summed E-state index contributed by atoms with van der Waals surface area (Å²) < 4.78 is 0. The van der Waals surface area contributed by atoms with Crippen molar-refractivity contribution in [3.05, 3.63) is 33.9 Å². The van der Waals surface area contributed by atoms with E-state index in [9.17, 15) is 14.9 Å². The maximum atomic E-state index is 12.3. The van der Waals surface area contributed by atoms with Crippen LogP contribution >= 0.6 is 0 Å². The van der Waals surface area contributed by atoms with Crippen molar-refractivity contribution in [2.45, 2.75) is 26.7 Å². The van der Waals surface area contributed by atoms with Gasteiger partial charge in [0, 0.05) is 19.7 Å². The molecule has 6 nitrogen and oxygen atoms in total. The fraction of sp³-hybridized carbons (Fsp3) is 0.533. The van der Waals surface area contributed by atoms with Crippen LogP contribution in [0.4, 0.5) is 11.4 Å². The molecule has 114 valence electrons. The number of nitro benzene ring substituents is 1. The lowest BCUT2D eigenvalue weighted by molar-refractivity contribution is -0.384. The van der Waals surface area contributed by atoms with Gasteiger partial charge in [0.05, 0.1) is 10.5 Å². The molecule has 0 saturated heterocycles. The van der Waals surface area contributed by atoms with E-state index in [0.717, 1.165) is 12.8 Å². The van der Waals surface area contributed by atoms with Crippen LogP contribution in [-0.4, -0.2) is 24.4 Å². The van der Waals surface area contributed by atoms with E-state index in [2.05, 4.69) is 24.5 Å². The summed E-state index contributed by atoms with van der Waals surface area (Å²) in [6.45, 7) is 4.94. The fourth-order valence-electron chi connectivity index (χ4n) is 2.61. The summed E-state index contributed by atoms with van der Waals surface area (Å²) in [6.07, 6.45) is 2.25. The largest absolute Gasteiger partial charge is 0.382 e. The van der Waals surface area contributed by atoms with Crippen molar-refractivity contribution < 1.29 is 9.72 Å². The second-order valence-electron chi connectivity index (χ2n) is 5.91. The van der Waals surface area contributed by atoms with Gasteiger partial charge < -0.3 is 10.6 Å². The average molecular weight is 291 g/mol. The minimum Gasteiger partial charge on any atom is -0.382 e. The summed E-state index contributed by atoms with van der Waals surface area (Å²) in [5.74, 6) is 0.252. The highest BCUT2D eigenvalue weighted by atomic mass is 16.6. The summed E-state index contributed by atoms with van der Waals surface area (Å²) in [4.78, 5) is 22.8. The number of nitrogens with zero attached hydrogens (tertiary/aromatic N) is 1. The first-order valence-electron chi connectivity index (χ1n) is 7.14. The highest BCUT2D eigenvalue weighted by Crippen LogP contribution is 2.51. The molecule has 1 aliphatic carbocycles. The summed E-state index contributed by atoms with van der Waals surface area (Å²) in [5.41, 5.74) is 0.687. The lowest BCUT2D eigenvalue weighted by Gasteiger charge is -2.20. The molecule has 6 heteroatoms. The molecular weight excluding hydrogens is 270 g/mol. The van der Waals surface area contributed by atoms with Gasteiger partial charge in [-0.15, -0.1) is 0 Å². The van der Waals surface area contributed by atoms with Crippen molar-refractivity contribution in [1.29, 1.82) is 0 Å². The van der Waals surface area contributed by atoms with Crippen LogP contribution in [0.5, 0.6) is 0 Å².